The fourth-order valence-electron chi connectivity index (χ4n) is 2.82. The molecule has 1 fully saturated rings. The second-order valence-electron chi connectivity index (χ2n) is 5.97. The lowest BCUT2D eigenvalue weighted by molar-refractivity contribution is -0.141. The number of nitrogens with two attached hydrogens (primary N) is 1. The van der Waals surface area contributed by atoms with Crippen molar-refractivity contribution < 1.29 is 13.2 Å². The topological polar surface area (TPSA) is 92.5 Å². The van der Waals surface area contributed by atoms with Gasteiger partial charge in [-0.25, -0.2) is 13.1 Å². The van der Waals surface area contributed by atoms with Crippen LogP contribution in [0.5, 0.6) is 0 Å². The predicted octanol–water partition coefficient (Wildman–Crippen LogP) is 0.824. The van der Waals surface area contributed by atoms with Gasteiger partial charge in [0.05, 0.1) is 11.8 Å². The van der Waals surface area contributed by atoms with E-state index in [0.717, 1.165) is 32.1 Å². The van der Waals surface area contributed by atoms with E-state index in [0.29, 0.717) is 25.8 Å². The summed E-state index contributed by atoms with van der Waals surface area (Å²) in [6.07, 6.45) is 6.01. The molecule has 0 spiro atoms. The first kappa shape index (κ1) is 18.4. The second-order valence-corrected chi connectivity index (χ2v) is 7.80. The van der Waals surface area contributed by atoms with E-state index >= 15 is 0 Å². The molecule has 1 saturated heterocycles. The number of piperidine rings is 1. The van der Waals surface area contributed by atoms with Crippen molar-refractivity contribution in [3.63, 3.8) is 0 Å². The van der Waals surface area contributed by atoms with Crippen molar-refractivity contribution in [3.05, 3.63) is 0 Å². The van der Waals surface area contributed by atoms with Gasteiger partial charge in [0.25, 0.3) is 0 Å². The maximum absolute atomic E-state index is 12.7. The molecule has 0 aromatic heterocycles. The van der Waals surface area contributed by atoms with Crippen LogP contribution in [0.25, 0.3) is 0 Å². The van der Waals surface area contributed by atoms with Crippen molar-refractivity contribution >= 4 is 15.9 Å². The Morgan fingerprint density at radius 3 is 2.48 bits per heavy atom. The number of nitrogens with one attached hydrogen (secondary N) is 1. The lowest BCUT2D eigenvalue weighted by atomic mass is 9.89. The van der Waals surface area contributed by atoms with Crippen molar-refractivity contribution in [2.24, 2.45) is 5.73 Å². The average Bonchev–Trinajstić information content (AvgIpc) is 2.45. The molecule has 0 aromatic rings. The molecule has 0 bridgehead atoms. The summed E-state index contributed by atoms with van der Waals surface area (Å²) in [6.45, 7) is 4.96. The molecule has 3 N–H and O–H groups in total. The van der Waals surface area contributed by atoms with E-state index in [1.807, 2.05) is 18.7 Å². The van der Waals surface area contributed by atoms with Crippen molar-refractivity contribution in [2.75, 3.05) is 19.3 Å². The van der Waals surface area contributed by atoms with Crippen LogP contribution in [-0.2, 0) is 14.8 Å². The molecule has 0 aromatic carbocycles. The van der Waals surface area contributed by atoms with Gasteiger partial charge in [0.2, 0.25) is 15.9 Å². The molecule has 6 nitrogen and oxygen atoms in total. The Balaban J connectivity index is 2.71. The van der Waals surface area contributed by atoms with Gasteiger partial charge in [-0.2, -0.15) is 0 Å². The summed E-state index contributed by atoms with van der Waals surface area (Å²) < 4.78 is 24.8. The van der Waals surface area contributed by atoms with Gasteiger partial charge in [-0.05, 0) is 38.5 Å². The summed E-state index contributed by atoms with van der Waals surface area (Å²) in [5, 5.41) is 0. The molecule has 7 heteroatoms. The first-order valence-electron chi connectivity index (χ1n) is 7.78. The van der Waals surface area contributed by atoms with Gasteiger partial charge in [-0.3, -0.25) is 4.79 Å². The third-order valence-electron chi connectivity index (χ3n) is 4.42. The van der Waals surface area contributed by atoms with Gasteiger partial charge < -0.3 is 10.6 Å². The quantitative estimate of drug-likeness (QED) is 0.727. The summed E-state index contributed by atoms with van der Waals surface area (Å²) in [6, 6.07) is 0.0847. The number of sulfonamides is 1. The summed E-state index contributed by atoms with van der Waals surface area (Å²) in [7, 11) is -3.18. The van der Waals surface area contributed by atoms with E-state index in [9.17, 15) is 13.2 Å². The number of likely N-dealkylation sites (tertiary alicyclic amines) is 1. The van der Waals surface area contributed by atoms with Crippen LogP contribution in [0.3, 0.4) is 0 Å². The highest BCUT2D eigenvalue weighted by Crippen LogP contribution is 2.24. The largest absolute Gasteiger partial charge is 0.338 e. The number of rotatable bonds is 7. The lowest BCUT2D eigenvalue weighted by Gasteiger charge is -2.41. The van der Waals surface area contributed by atoms with E-state index in [-0.39, 0.29) is 11.9 Å². The molecule has 1 amide bonds. The van der Waals surface area contributed by atoms with Crippen molar-refractivity contribution in [3.8, 4) is 0 Å². The Kier molecular flexibility index (Phi) is 6.62. The molecule has 1 aliphatic heterocycles. The van der Waals surface area contributed by atoms with Gasteiger partial charge in [0, 0.05) is 19.1 Å². The van der Waals surface area contributed by atoms with E-state index < -0.39 is 15.6 Å². The third kappa shape index (κ3) is 5.23. The Hall–Kier alpha value is -0.660. The number of amides is 1. The van der Waals surface area contributed by atoms with Crippen molar-refractivity contribution in [1.29, 1.82) is 0 Å². The van der Waals surface area contributed by atoms with Gasteiger partial charge in [0.15, 0.2) is 0 Å². The standard InChI is InChI=1S/C14H29N3O3S/c1-4-14(15,5-2)13(18)17-11-7-6-8-12(17)9-10-16-21(3,19)20/h12,16H,4-11,15H2,1-3H3. The number of carbonyl (C=O) groups excluding carboxylic acids is 1. The van der Waals surface area contributed by atoms with Gasteiger partial charge >= 0.3 is 0 Å². The van der Waals surface area contributed by atoms with E-state index in [2.05, 4.69) is 4.72 Å². The molecule has 1 unspecified atom stereocenters. The highest BCUT2D eigenvalue weighted by atomic mass is 32.2. The SMILES string of the molecule is CCC(N)(CC)C(=O)N1CCCCC1CCNS(C)(=O)=O. The monoisotopic (exact) mass is 319 g/mol. The number of carbonyl (C=O) groups is 1. The minimum atomic E-state index is -3.18. The van der Waals surface area contributed by atoms with E-state index in [4.69, 9.17) is 5.73 Å². The summed E-state index contributed by atoms with van der Waals surface area (Å²) in [5.41, 5.74) is 5.44. The molecule has 124 valence electrons. The fourth-order valence-corrected chi connectivity index (χ4v) is 3.31. The first-order valence-corrected chi connectivity index (χ1v) is 9.67. The van der Waals surface area contributed by atoms with Crippen molar-refractivity contribution in [2.45, 2.75) is 64.0 Å². The molecule has 0 saturated carbocycles. The third-order valence-corrected chi connectivity index (χ3v) is 5.15. The Bertz CT molecular complexity index is 446. The minimum absolute atomic E-state index is 0.0107. The van der Waals surface area contributed by atoms with Gasteiger partial charge in [-0.1, -0.05) is 13.8 Å². The van der Waals surface area contributed by atoms with E-state index in [1.54, 1.807) is 0 Å². The molecule has 21 heavy (non-hydrogen) atoms. The normalized spacial score (nSPS) is 20.6. The highest BCUT2D eigenvalue weighted by molar-refractivity contribution is 7.88. The zero-order valence-corrected chi connectivity index (χ0v) is 14.2. The molecular weight excluding hydrogens is 290 g/mol. The van der Waals surface area contributed by atoms with Gasteiger partial charge in [0.1, 0.15) is 0 Å². The smallest absolute Gasteiger partial charge is 0.242 e. The van der Waals surface area contributed by atoms with Crippen LogP contribution in [-0.4, -0.2) is 50.2 Å². The Morgan fingerprint density at radius 1 is 1.33 bits per heavy atom. The molecule has 1 aliphatic rings. The molecule has 1 atom stereocenters. The van der Waals surface area contributed by atoms with Crippen LogP contribution in [0.15, 0.2) is 0 Å². The number of nitrogens with zero attached hydrogens (tertiary/aromatic N) is 1. The molecule has 0 aliphatic carbocycles. The number of hydrogen-bond donors (Lipinski definition) is 2. The Labute approximate surface area is 128 Å². The number of hydrogen-bond acceptors (Lipinski definition) is 4. The second kappa shape index (κ2) is 7.56. The molecular formula is C14H29N3O3S. The van der Waals surface area contributed by atoms with Crippen LogP contribution >= 0.6 is 0 Å². The maximum Gasteiger partial charge on any atom is 0.242 e. The molecule has 1 rings (SSSR count). The minimum Gasteiger partial charge on any atom is -0.338 e. The average molecular weight is 319 g/mol. The molecule has 1 heterocycles. The summed E-state index contributed by atoms with van der Waals surface area (Å²) in [5.74, 6) is 0.0107. The molecule has 0 radical (unpaired) electrons. The van der Waals surface area contributed by atoms with Crippen LogP contribution in [0, 0.1) is 0 Å². The lowest BCUT2D eigenvalue weighted by Crippen LogP contribution is -2.58. The zero-order valence-electron chi connectivity index (χ0n) is 13.4. The van der Waals surface area contributed by atoms with Crippen molar-refractivity contribution in [1.82, 2.24) is 9.62 Å². The summed E-state index contributed by atoms with van der Waals surface area (Å²) >= 11 is 0. The Morgan fingerprint density at radius 2 is 1.95 bits per heavy atom. The summed E-state index contributed by atoms with van der Waals surface area (Å²) in [4.78, 5) is 14.6. The van der Waals surface area contributed by atoms with Crippen LogP contribution in [0.1, 0.15) is 52.4 Å². The first-order chi connectivity index (χ1) is 9.73. The fraction of sp³-hybridized carbons (Fsp3) is 0.929. The maximum atomic E-state index is 12.7. The van der Waals surface area contributed by atoms with Crippen LogP contribution < -0.4 is 10.5 Å². The highest BCUT2D eigenvalue weighted by Gasteiger charge is 2.37. The zero-order chi connectivity index (χ0) is 16.1. The van der Waals surface area contributed by atoms with E-state index in [1.165, 1.54) is 0 Å². The van der Waals surface area contributed by atoms with Crippen LogP contribution in [0.4, 0.5) is 0 Å². The van der Waals surface area contributed by atoms with Crippen LogP contribution in [0.2, 0.25) is 0 Å². The van der Waals surface area contributed by atoms with Gasteiger partial charge in [-0.15, -0.1) is 0 Å². The predicted molar refractivity (Wildman–Crippen MR) is 84.3 cm³/mol.